The van der Waals surface area contributed by atoms with Gasteiger partial charge in [0.1, 0.15) is 0 Å². The zero-order valence-corrected chi connectivity index (χ0v) is 10.6. The Morgan fingerprint density at radius 2 is 1.93 bits per heavy atom. The predicted molar refractivity (Wildman–Crippen MR) is 69.0 cm³/mol. The number of thioether (sulfide) groups is 1. The van der Waals surface area contributed by atoms with Gasteiger partial charge in [-0.25, -0.2) is 0 Å². The lowest BCUT2D eigenvalue weighted by Gasteiger charge is -2.26. The van der Waals surface area contributed by atoms with Crippen LogP contribution in [-0.2, 0) is 5.75 Å². The van der Waals surface area contributed by atoms with Crippen LogP contribution in [0.4, 0.5) is 0 Å². The molecule has 1 fully saturated rings. The average Bonchev–Trinajstić information content (AvgIpc) is 2.13. The molecule has 0 radical (unpaired) electrons. The predicted octanol–water partition coefficient (Wildman–Crippen LogP) is 3.45. The molecule has 1 saturated heterocycles. The van der Waals surface area contributed by atoms with Crippen molar-refractivity contribution < 1.29 is 0 Å². The van der Waals surface area contributed by atoms with Crippen molar-refractivity contribution in [2.75, 3.05) is 18.8 Å². The molecule has 0 aromatic heterocycles. The molecule has 0 aliphatic carbocycles. The molecular formula is C11H13Cl2NS. The van der Waals surface area contributed by atoms with Gasteiger partial charge in [0.25, 0.3) is 0 Å². The minimum Gasteiger partial charge on any atom is -0.316 e. The maximum absolute atomic E-state index is 6.08. The van der Waals surface area contributed by atoms with E-state index < -0.39 is 0 Å². The quantitative estimate of drug-likeness (QED) is 0.892. The van der Waals surface area contributed by atoms with Crippen LogP contribution in [-0.4, -0.2) is 18.8 Å². The summed E-state index contributed by atoms with van der Waals surface area (Å²) in [6, 6.07) is 5.68. The molecule has 1 aliphatic rings. The monoisotopic (exact) mass is 261 g/mol. The minimum atomic E-state index is 0.779. The van der Waals surface area contributed by atoms with Gasteiger partial charge in [0.2, 0.25) is 0 Å². The normalized spacial score (nSPS) is 16.4. The average molecular weight is 262 g/mol. The van der Waals surface area contributed by atoms with Gasteiger partial charge >= 0.3 is 0 Å². The largest absolute Gasteiger partial charge is 0.316 e. The van der Waals surface area contributed by atoms with E-state index in [0.717, 1.165) is 40.4 Å². The molecule has 1 aliphatic heterocycles. The fourth-order valence-corrected chi connectivity index (χ4v) is 3.36. The summed E-state index contributed by atoms with van der Waals surface area (Å²) >= 11 is 14.1. The van der Waals surface area contributed by atoms with Gasteiger partial charge in [0, 0.05) is 15.8 Å². The fourth-order valence-electron chi connectivity index (χ4n) is 1.46. The molecule has 82 valence electrons. The summed E-state index contributed by atoms with van der Waals surface area (Å²) in [5.41, 5.74) is 1.07. The first-order valence-corrected chi connectivity index (χ1v) is 6.90. The van der Waals surface area contributed by atoms with Crippen molar-refractivity contribution in [3.63, 3.8) is 0 Å². The van der Waals surface area contributed by atoms with Crippen LogP contribution in [0, 0.1) is 5.92 Å². The highest BCUT2D eigenvalue weighted by Gasteiger charge is 2.16. The molecule has 1 nitrogen and oxygen atoms in total. The lowest BCUT2D eigenvalue weighted by molar-refractivity contribution is 0.385. The van der Waals surface area contributed by atoms with E-state index in [-0.39, 0.29) is 0 Å². The van der Waals surface area contributed by atoms with E-state index in [1.807, 2.05) is 30.0 Å². The van der Waals surface area contributed by atoms with Gasteiger partial charge in [-0.1, -0.05) is 29.3 Å². The van der Waals surface area contributed by atoms with Crippen LogP contribution in [0.5, 0.6) is 0 Å². The lowest BCUT2D eigenvalue weighted by Crippen LogP contribution is -2.43. The molecule has 4 heteroatoms. The van der Waals surface area contributed by atoms with Crippen molar-refractivity contribution in [3.8, 4) is 0 Å². The standard InChI is InChI=1S/C11H13Cl2NS/c12-10-2-1-3-11(13)9(10)7-15-6-8-4-14-5-8/h1-3,8,14H,4-7H2. The van der Waals surface area contributed by atoms with Gasteiger partial charge in [-0.05, 0) is 42.5 Å². The van der Waals surface area contributed by atoms with Crippen LogP contribution in [0.15, 0.2) is 18.2 Å². The Labute approximate surface area is 105 Å². The van der Waals surface area contributed by atoms with E-state index >= 15 is 0 Å². The van der Waals surface area contributed by atoms with Crippen molar-refractivity contribution >= 4 is 35.0 Å². The topological polar surface area (TPSA) is 12.0 Å². The van der Waals surface area contributed by atoms with Crippen LogP contribution >= 0.6 is 35.0 Å². The van der Waals surface area contributed by atoms with Gasteiger partial charge in [-0.3, -0.25) is 0 Å². The first-order valence-electron chi connectivity index (χ1n) is 4.98. The van der Waals surface area contributed by atoms with Gasteiger partial charge < -0.3 is 5.32 Å². The van der Waals surface area contributed by atoms with Gasteiger partial charge in [-0.2, -0.15) is 11.8 Å². The Morgan fingerprint density at radius 3 is 2.47 bits per heavy atom. The first-order chi connectivity index (χ1) is 7.27. The Balaban J connectivity index is 1.86. The second-order valence-corrected chi connectivity index (χ2v) is 5.58. The molecule has 15 heavy (non-hydrogen) atoms. The lowest BCUT2D eigenvalue weighted by atomic mass is 10.1. The Morgan fingerprint density at radius 1 is 1.27 bits per heavy atom. The number of rotatable bonds is 4. The van der Waals surface area contributed by atoms with Crippen LogP contribution < -0.4 is 5.32 Å². The molecule has 0 atom stereocenters. The summed E-state index contributed by atoms with van der Waals surface area (Å²) < 4.78 is 0. The smallest absolute Gasteiger partial charge is 0.0461 e. The summed E-state index contributed by atoms with van der Waals surface area (Å²) in [7, 11) is 0. The van der Waals surface area contributed by atoms with Crippen molar-refractivity contribution in [1.29, 1.82) is 0 Å². The number of halogens is 2. The SMILES string of the molecule is Clc1cccc(Cl)c1CSCC1CNC1. The maximum atomic E-state index is 6.08. The highest BCUT2D eigenvalue weighted by molar-refractivity contribution is 7.98. The Hall–Kier alpha value is 0.110. The summed E-state index contributed by atoms with van der Waals surface area (Å²) in [6.45, 7) is 2.31. The third kappa shape index (κ3) is 3.04. The van der Waals surface area contributed by atoms with E-state index in [2.05, 4.69) is 5.32 Å². The molecule has 0 spiro atoms. The molecule has 0 saturated carbocycles. The first kappa shape index (κ1) is 11.6. The Kier molecular flexibility index (Phi) is 4.21. The molecule has 0 unspecified atom stereocenters. The maximum Gasteiger partial charge on any atom is 0.0461 e. The van der Waals surface area contributed by atoms with Crippen LogP contribution in [0.1, 0.15) is 5.56 Å². The number of hydrogen-bond donors (Lipinski definition) is 1. The van der Waals surface area contributed by atoms with Crippen LogP contribution in [0.3, 0.4) is 0 Å². The zero-order chi connectivity index (χ0) is 10.7. The van der Waals surface area contributed by atoms with E-state index in [4.69, 9.17) is 23.2 Å². The Bertz CT molecular complexity index is 319. The third-order valence-corrected chi connectivity index (χ3v) is 4.44. The molecule has 1 N–H and O–H groups in total. The summed E-state index contributed by atoms with van der Waals surface area (Å²) in [4.78, 5) is 0. The molecule has 2 rings (SSSR count). The summed E-state index contributed by atoms with van der Waals surface area (Å²) in [6.07, 6.45) is 0. The molecule has 0 amide bonds. The van der Waals surface area contributed by atoms with E-state index in [1.54, 1.807) is 0 Å². The van der Waals surface area contributed by atoms with Crippen molar-refractivity contribution in [1.82, 2.24) is 5.32 Å². The molecular weight excluding hydrogens is 249 g/mol. The highest BCUT2D eigenvalue weighted by atomic mass is 35.5. The fraction of sp³-hybridized carbons (Fsp3) is 0.455. The summed E-state index contributed by atoms with van der Waals surface area (Å²) in [5.74, 6) is 2.93. The van der Waals surface area contributed by atoms with Gasteiger partial charge in [0.05, 0.1) is 0 Å². The van der Waals surface area contributed by atoms with E-state index in [1.165, 1.54) is 5.75 Å². The summed E-state index contributed by atoms with van der Waals surface area (Å²) in [5, 5.41) is 4.83. The van der Waals surface area contributed by atoms with E-state index in [0.29, 0.717) is 0 Å². The minimum absolute atomic E-state index is 0.779. The number of benzene rings is 1. The van der Waals surface area contributed by atoms with Crippen LogP contribution in [0.2, 0.25) is 10.0 Å². The van der Waals surface area contributed by atoms with Crippen molar-refractivity contribution in [2.45, 2.75) is 5.75 Å². The second kappa shape index (κ2) is 5.44. The molecule has 1 heterocycles. The molecule has 0 bridgehead atoms. The van der Waals surface area contributed by atoms with Crippen molar-refractivity contribution in [3.05, 3.63) is 33.8 Å². The number of nitrogens with one attached hydrogen (secondary N) is 1. The zero-order valence-electron chi connectivity index (χ0n) is 8.30. The van der Waals surface area contributed by atoms with Gasteiger partial charge in [-0.15, -0.1) is 0 Å². The molecule has 1 aromatic carbocycles. The molecule has 1 aromatic rings. The van der Waals surface area contributed by atoms with E-state index in [9.17, 15) is 0 Å². The van der Waals surface area contributed by atoms with Crippen molar-refractivity contribution in [2.24, 2.45) is 5.92 Å². The van der Waals surface area contributed by atoms with Crippen LogP contribution in [0.25, 0.3) is 0 Å². The number of hydrogen-bond acceptors (Lipinski definition) is 2. The highest BCUT2D eigenvalue weighted by Crippen LogP contribution is 2.29. The van der Waals surface area contributed by atoms with Gasteiger partial charge in [0.15, 0.2) is 0 Å². The third-order valence-electron chi connectivity index (χ3n) is 2.53. The second-order valence-electron chi connectivity index (χ2n) is 3.74.